The lowest BCUT2D eigenvalue weighted by Crippen LogP contribution is -2.32. The molecule has 0 saturated heterocycles. The number of nitrogens with one attached hydrogen (secondary N) is 1. The Bertz CT molecular complexity index is 360. The third kappa shape index (κ3) is 5.33. The number of unbranched alkanes of at least 4 members (excludes halogenated alkanes) is 1. The maximum atomic E-state index is 5.78. The molecule has 2 atom stereocenters. The molecule has 0 spiro atoms. The van der Waals surface area contributed by atoms with Crippen molar-refractivity contribution in [1.82, 2.24) is 5.43 Å². The summed E-state index contributed by atoms with van der Waals surface area (Å²) in [4.78, 5) is 0. The minimum atomic E-state index is 0.263. The van der Waals surface area contributed by atoms with Crippen LogP contribution in [0.15, 0.2) is 24.3 Å². The number of hydrogen-bond acceptors (Lipinski definition) is 2. The molecule has 0 saturated carbocycles. The molecule has 19 heavy (non-hydrogen) atoms. The van der Waals surface area contributed by atoms with Crippen molar-refractivity contribution in [3.8, 4) is 0 Å². The van der Waals surface area contributed by atoms with Crippen molar-refractivity contribution in [2.75, 3.05) is 0 Å². The highest BCUT2D eigenvalue weighted by atomic mass is 15.2. The van der Waals surface area contributed by atoms with Gasteiger partial charge in [-0.2, -0.15) is 0 Å². The number of hydrogen-bond donors (Lipinski definition) is 2. The van der Waals surface area contributed by atoms with E-state index < -0.39 is 0 Å². The van der Waals surface area contributed by atoms with Gasteiger partial charge in [0.2, 0.25) is 0 Å². The Labute approximate surface area is 118 Å². The number of hydrazine groups is 1. The highest BCUT2D eigenvalue weighted by Crippen LogP contribution is 2.26. The zero-order valence-electron chi connectivity index (χ0n) is 12.9. The fourth-order valence-electron chi connectivity index (χ4n) is 2.67. The van der Waals surface area contributed by atoms with Gasteiger partial charge in [0.15, 0.2) is 0 Å². The molecule has 1 aromatic carbocycles. The Kier molecular flexibility index (Phi) is 7.11. The van der Waals surface area contributed by atoms with Crippen molar-refractivity contribution in [3.63, 3.8) is 0 Å². The van der Waals surface area contributed by atoms with Crippen LogP contribution in [0, 0.1) is 11.8 Å². The second-order valence-electron chi connectivity index (χ2n) is 6.11. The molecule has 0 bridgehead atoms. The second-order valence-corrected chi connectivity index (χ2v) is 6.11. The van der Waals surface area contributed by atoms with Gasteiger partial charge in [0.25, 0.3) is 0 Å². The van der Waals surface area contributed by atoms with Crippen LogP contribution in [-0.2, 0) is 6.42 Å². The van der Waals surface area contributed by atoms with Crippen LogP contribution < -0.4 is 11.3 Å². The summed E-state index contributed by atoms with van der Waals surface area (Å²) in [5.41, 5.74) is 5.74. The molecule has 1 aromatic rings. The highest BCUT2D eigenvalue weighted by molar-refractivity contribution is 5.26. The summed E-state index contributed by atoms with van der Waals surface area (Å²) in [5, 5.41) is 0. The van der Waals surface area contributed by atoms with Gasteiger partial charge in [-0.05, 0) is 35.8 Å². The van der Waals surface area contributed by atoms with E-state index in [-0.39, 0.29) is 6.04 Å². The quantitative estimate of drug-likeness (QED) is 0.544. The van der Waals surface area contributed by atoms with E-state index in [9.17, 15) is 0 Å². The lowest BCUT2D eigenvalue weighted by atomic mass is 9.89. The molecule has 0 heterocycles. The largest absolute Gasteiger partial charge is 0.271 e. The molecule has 108 valence electrons. The average molecular weight is 262 g/mol. The van der Waals surface area contributed by atoms with E-state index >= 15 is 0 Å². The van der Waals surface area contributed by atoms with Gasteiger partial charge in [0.05, 0.1) is 0 Å². The van der Waals surface area contributed by atoms with Gasteiger partial charge >= 0.3 is 0 Å². The third-order valence-electron chi connectivity index (χ3n) is 3.72. The first-order valence-corrected chi connectivity index (χ1v) is 7.63. The fraction of sp³-hybridized carbons (Fsp3) is 0.647. The third-order valence-corrected chi connectivity index (χ3v) is 3.72. The maximum Gasteiger partial charge on any atom is 0.0485 e. The molecule has 0 fully saturated rings. The predicted molar refractivity (Wildman–Crippen MR) is 83.7 cm³/mol. The number of nitrogens with two attached hydrogens (primary N) is 1. The van der Waals surface area contributed by atoms with Gasteiger partial charge in [-0.25, -0.2) is 0 Å². The van der Waals surface area contributed by atoms with E-state index in [0.29, 0.717) is 11.8 Å². The molecule has 1 rings (SSSR count). The molecule has 0 aromatic heterocycles. The van der Waals surface area contributed by atoms with Gasteiger partial charge in [-0.1, -0.05) is 64.8 Å². The Morgan fingerprint density at radius 1 is 1.21 bits per heavy atom. The predicted octanol–water partition coefficient (Wildman–Crippen LogP) is 4.22. The van der Waals surface area contributed by atoms with Crippen LogP contribution in [0.1, 0.15) is 64.1 Å². The zero-order chi connectivity index (χ0) is 14.3. The highest BCUT2D eigenvalue weighted by Gasteiger charge is 2.17. The standard InChI is InChI=1S/C17H30N2/c1-5-6-8-14(4)17(19-18)16-10-7-9-15(12-16)11-13(2)3/h7,9-10,12-14,17,19H,5-6,8,11,18H2,1-4H3. The minimum Gasteiger partial charge on any atom is -0.271 e. The molecular formula is C17H30N2. The molecule has 2 heteroatoms. The molecule has 0 aliphatic heterocycles. The van der Waals surface area contributed by atoms with E-state index in [0.717, 1.165) is 6.42 Å². The van der Waals surface area contributed by atoms with E-state index in [1.165, 1.54) is 30.4 Å². The van der Waals surface area contributed by atoms with Crippen molar-refractivity contribution in [3.05, 3.63) is 35.4 Å². The Hall–Kier alpha value is -0.860. The van der Waals surface area contributed by atoms with Crippen LogP contribution in [0.3, 0.4) is 0 Å². The van der Waals surface area contributed by atoms with Crippen molar-refractivity contribution in [2.45, 2.75) is 59.4 Å². The molecule has 2 unspecified atom stereocenters. The number of benzene rings is 1. The second kappa shape index (κ2) is 8.34. The first kappa shape index (κ1) is 16.2. The van der Waals surface area contributed by atoms with Gasteiger partial charge in [-0.3, -0.25) is 11.3 Å². The van der Waals surface area contributed by atoms with Crippen LogP contribution in [-0.4, -0.2) is 0 Å². The van der Waals surface area contributed by atoms with Crippen LogP contribution in [0.5, 0.6) is 0 Å². The summed E-state index contributed by atoms with van der Waals surface area (Å²) in [6.45, 7) is 9.04. The average Bonchev–Trinajstić information content (AvgIpc) is 2.37. The first-order chi connectivity index (χ1) is 9.08. The molecule has 0 aliphatic carbocycles. The molecule has 0 amide bonds. The van der Waals surface area contributed by atoms with Crippen LogP contribution in [0.4, 0.5) is 0 Å². The Morgan fingerprint density at radius 3 is 2.53 bits per heavy atom. The summed E-state index contributed by atoms with van der Waals surface area (Å²) < 4.78 is 0. The zero-order valence-corrected chi connectivity index (χ0v) is 12.9. The number of rotatable bonds is 8. The lowest BCUT2D eigenvalue weighted by Gasteiger charge is -2.24. The first-order valence-electron chi connectivity index (χ1n) is 7.63. The van der Waals surface area contributed by atoms with Gasteiger partial charge < -0.3 is 0 Å². The van der Waals surface area contributed by atoms with E-state index in [4.69, 9.17) is 5.84 Å². The van der Waals surface area contributed by atoms with E-state index in [1.54, 1.807) is 0 Å². The van der Waals surface area contributed by atoms with Crippen LogP contribution >= 0.6 is 0 Å². The molecule has 0 radical (unpaired) electrons. The minimum absolute atomic E-state index is 0.263. The SMILES string of the molecule is CCCCC(C)C(NN)c1cccc(CC(C)C)c1. The topological polar surface area (TPSA) is 38.0 Å². The normalized spacial score (nSPS) is 14.6. The van der Waals surface area contributed by atoms with Gasteiger partial charge in [0.1, 0.15) is 0 Å². The molecular weight excluding hydrogens is 232 g/mol. The summed E-state index contributed by atoms with van der Waals surface area (Å²) in [6, 6.07) is 9.14. The fourth-order valence-corrected chi connectivity index (χ4v) is 2.67. The maximum absolute atomic E-state index is 5.78. The Balaban J connectivity index is 2.79. The monoisotopic (exact) mass is 262 g/mol. The summed E-state index contributed by atoms with van der Waals surface area (Å²) >= 11 is 0. The smallest absolute Gasteiger partial charge is 0.0485 e. The molecule has 0 aliphatic rings. The van der Waals surface area contributed by atoms with Crippen molar-refractivity contribution in [1.29, 1.82) is 0 Å². The van der Waals surface area contributed by atoms with Crippen LogP contribution in [0.2, 0.25) is 0 Å². The Morgan fingerprint density at radius 2 is 1.95 bits per heavy atom. The van der Waals surface area contributed by atoms with E-state index in [1.807, 2.05) is 0 Å². The van der Waals surface area contributed by atoms with Crippen molar-refractivity contribution < 1.29 is 0 Å². The van der Waals surface area contributed by atoms with Crippen molar-refractivity contribution >= 4 is 0 Å². The van der Waals surface area contributed by atoms with E-state index in [2.05, 4.69) is 57.4 Å². The summed E-state index contributed by atoms with van der Waals surface area (Å²) in [6.07, 6.45) is 4.87. The van der Waals surface area contributed by atoms with Crippen molar-refractivity contribution in [2.24, 2.45) is 17.7 Å². The molecule has 2 nitrogen and oxygen atoms in total. The summed E-state index contributed by atoms with van der Waals surface area (Å²) in [5.74, 6) is 7.04. The van der Waals surface area contributed by atoms with Crippen LogP contribution in [0.25, 0.3) is 0 Å². The lowest BCUT2D eigenvalue weighted by molar-refractivity contribution is 0.362. The molecule has 3 N–H and O–H groups in total. The summed E-state index contributed by atoms with van der Waals surface area (Å²) in [7, 11) is 0. The van der Waals surface area contributed by atoms with Gasteiger partial charge in [-0.15, -0.1) is 0 Å². The van der Waals surface area contributed by atoms with Gasteiger partial charge in [0, 0.05) is 6.04 Å².